The number of benzene rings is 2. The van der Waals surface area contributed by atoms with Crippen molar-refractivity contribution in [2.75, 3.05) is 6.79 Å². The highest BCUT2D eigenvalue weighted by molar-refractivity contribution is 6.31. The van der Waals surface area contributed by atoms with E-state index in [9.17, 15) is 4.79 Å². The average molecular weight is 344 g/mol. The van der Waals surface area contributed by atoms with Gasteiger partial charge in [-0.05, 0) is 54.8 Å². The lowest BCUT2D eigenvalue weighted by Crippen LogP contribution is -2.24. The van der Waals surface area contributed by atoms with Crippen molar-refractivity contribution in [1.82, 2.24) is 5.32 Å². The third-order valence-corrected chi connectivity index (χ3v) is 4.29. The van der Waals surface area contributed by atoms with Crippen molar-refractivity contribution in [3.05, 3.63) is 64.2 Å². The van der Waals surface area contributed by atoms with E-state index < -0.39 is 0 Å². The zero-order valence-corrected chi connectivity index (χ0v) is 14.3. The molecule has 0 saturated heterocycles. The Kier molecular flexibility index (Phi) is 4.76. The molecule has 0 spiro atoms. The van der Waals surface area contributed by atoms with Gasteiger partial charge in [0.05, 0.1) is 6.04 Å². The molecule has 124 valence electrons. The van der Waals surface area contributed by atoms with Gasteiger partial charge in [0.1, 0.15) is 0 Å². The molecule has 2 aromatic carbocycles. The van der Waals surface area contributed by atoms with Crippen molar-refractivity contribution < 1.29 is 14.3 Å². The first-order chi connectivity index (χ1) is 11.5. The van der Waals surface area contributed by atoms with E-state index in [0.717, 1.165) is 22.4 Å². The Morgan fingerprint density at radius 1 is 1.21 bits per heavy atom. The minimum absolute atomic E-state index is 0.141. The predicted molar refractivity (Wildman–Crippen MR) is 94.3 cm³/mol. The molecule has 1 heterocycles. The molecule has 0 radical (unpaired) electrons. The maximum atomic E-state index is 12.1. The Labute approximate surface area is 146 Å². The highest BCUT2D eigenvalue weighted by Gasteiger charge is 2.16. The molecule has 0 bridgehead atoms. The number of aryl methyl sites for hydroxylation is 1. The summed E-state index contributed by atoms with van der Waals surface area (Å²) in [6.45, 7) is 4.10. The quantitative estimate of drug-likeness (QED) is 0.843. The van der Waals surface area contributed by atoms with Crippen LogP contribution in [0.1, 0.15) is 29.7 Å². The summed E-state index contributed by atoms with van der Waals surface area (Å²) in [5, 5.41) is 3.61. The van der Waals surface area contributed by atoms with Crippen LogP contribution in [-0.4, -0.2) is 12.7 Å². The SMILES string of the molecule is Cc1ccc(/C=C/C(=O)NC(C)c2ccc3c(c2)OCO3)cc1Cl. The van der Waals surface area contributed by atoms with Crippen LogP contribution in [0.25, 0.3) is 6.08 Å². The molecule has 0 aromatic heterocycles. The largest absolute Gasteiger partial charge is 0.454 e. The molecule has 1 unspecified atom stereocenters. The van der Waals surface area contributed by atoms with Crippen LogP contribution in [-0.2, 0) is 4.79 Å². The second-order valence-electron chi connectivity index (χ2n) is 5.68. The second-order valence-corrected chi connectivity index (χ2v) is 6.09. The number of rotatable bonds is 4. The molecule has 4 nitrogen and oxygen atoms in total. The smallest absolute Gasteiger partial charge is 0.244 e. The molecule has 0 aliphatic carbocycles. The van der Waals surface area contributed by atoms with E-state index in [1.807, 2.05) is 50.2 Å². The van der Waals surface area contributed by atoms with Gasteiger partial charge in [-0.3, -0.25) is 4.79 Å². The number of nitrogens with one attached hydrogen (secondary N) is 1. The first-order valence-corrected chi connectivity index (χ1v) is 8.05. The zero-order valence-electron chi connectivity index (χ0n) is 13.5. The lowest BCUT2D eigenvalue weighted by Gasteiger charge is -2.13. The van der Waals surface area contributed by atoms with E-state index in [2.05, 4.69) is 5.32 Å². The van der Waals surface area contributed by atoms with Gasteiger partial charge in [0.2, 0.25) is 12.7 Å². The summed E-state index contributed by atoms with van der Waals surface area (Å²) in [7, 11) is 0. The van der Waals surface area contributed by atoms with Crippen LogP contribution in [0.2, 0.25) is 5.02 Å². The lowest BCUT2D eigenvalue weighted by atomic mass is 10.1. The van der Waals surface area contributed by atoms with Crippen molar-refractivity contribution in [2.45, 2.75) is 19.9 Å². The van der Waals surface area contributed by atoms with Crippen molar-refractivity contribution in [3.8, 4) is 11.5 Å². The summed E-state index contributed by atoms with van der Waals surface area (Å²) in [6, 6.07) is 11.2. The number of hydrogen-bond acceptors (Lipinski definition) is 3. The summed E-state index contributed by atoms with van der Waals surface area (Å²) in [5.41, 5.74) is 2.85. The number of amides is 1. The van der Waals surface area contributed by atoms with Gasteiger partial charge in [-0.25, -0.2) is 0 Å². The van der Waals surface area contributed by atoms with Gasteiger partial charge in [0.25, 0.3) is 0 Å². The first kappa shape index (κ1) is 16.4. The second kappa shape index (κ2) is 6.97. The lowest BCUT2D eigenvalue weighted by molar-refractivity contribution is -0.117. The van der Waals surface area contributed by atoms with Crippen molar-refractivity contribution in [3.63, 3.8) is 0 Å². The van der Waals surface area contributed by atoms with Crippen LogP contribution in [0, 0.1) is 6.92 Å². The predicted octanol–water partition coefficient (Wildman–Crippen LogP) is 4.27. The van der Waals surface area contributed by atoms with Crippen molar-refractivity contribution in [1.29, 1.82) is 0 Å². The highest BCUT2D eigenvalue weighted by Crippen LogP contribution is 2.34. The molecule has 0 saturated carbocycles. The van der Waals surface area contributed by atoms with Crippen LogP contribution < -0.4 is 14.8 Å². The summed E-state index contributed by atoms with van der Waals surface area (Å²) in [5.74, 6) is 1.27. The molecule has 1 aliphatic heterocycles. The van der Waals surface area contributed by atoms with Gasteiger partial charge >= 0.3 is 0 Å². The molecule has 1 aliphatic rings. The van der Waals surface area contributed by atoms with E-state index in [-0.39, 0.29) is 18.7 Å². The van der Waals surface area contributed by atoms with Crippen LogP contribution in [0.15, 0.2) is 42.5 Å². The van der Waals surface area contributed by atoms with Crippen LogP contribution >= 0.6 is 11.6 Å². The molecule has 2 aromatic rings. The third-order valence-electron chi connectivity index (χ3n) is 3.88. The van der Waals surface area contributed by atoms with Gasteiger partial charge < -0.3 is 14.8 Å². The number of hydrogen-bond donors (Lipinski definition) is 1. The standard InChI is InChI=1S/C19H18ClNO3/c1-12-3-4-14(9-16(12)20)5-8-19(22)21-13(2)15-6-7-17-18(10-15)24-11-23-17/h3-10,13H,11H2,1-2H3,(H,21,22)/b8-5+. The van der Waals surface area contributed by atoms with E-state index in [0.29, 0.717) is 10.8 Å². The minimum atomic E-state index is -0.170. The van der Waals surface area contributed by atoms with Crippen molar-refractivity contribution in [2.24, 2.45) is 0 Å². The Morgan fingerprint density at radius 2 is 2.00 bits per heavy atom. The zero-order chi connectivity index (χ0) is 17.1. The molecule has 24 heavy (non-hydrogen) atoms. The molecule has 3 rings (SSSR count). The fourth-order valence-corrected chi connectivity index (χ4v) is 2.60. The maximum Gasteiger partial charge on any atom is 0.244 e. The molecule has 0 fully saturated rings. The molecular weight excluding hydrogens is 326 g/mol. The van der Waals surface area contributed by atoms with Crippen LogP contribution in [0.5, 0.6) is 11.5 Å². The molecule has 5 heteroatoms. The van der Waals surface area contributed by atoms with E-state index in [1.165, 1.54) is 6.08 Å². The Bertz CT molecular complexity index is 801. The summed E-state index contributed by atoms with van der Waals surface area (Å²) in [4.78, 5) is 12.1. The third kappa shape index (κ3) is 3.71. The minimum Gasteiger partial charge on any atom is -0.454 e. The van der Waals surface area contributed by atoms with Crippen molar-refractivity contribution >= 4 is 23.6 Å². The Hall–Kier alpha value is -2.46. The molecule has 1 amide bonds. The highest BCUT2D eigenvalue weighted by atomic mass is 35.5. The fourth-order valence-electron chi connectivity index (χ4n) is 2.41. The number of carbonyl (C=O) groups is 1. The van der Waals surface area contributed by atoms with Gasteiger partial charge in [-0.1, -0.05) is 29.8 Å². The van der Waals surface area contributed by atoms with E-state index >= 15 is 0 Å². The van der Waals surface area contributed by atoms with E-state index in [4.69, 9.17) is 21.1 Å². The van der Waals surface area contributed by atoms with Gasteiger partial charge in [-0.15, -0.1) is 0 Å². The Balaban J connectivity index is 1.63. The van der Waals surface area contributed by atoms with Gasteiger partial charge in [-0.2, -0.15) is 0 Å². The summed E-state index contributed by atoms with van der Waals surface area (Å²) >= 11 is 6.08. The van der Waals surface area contributed by atoms with Gasteiger partial charge in [0, 0.05) is 11.1 Å². The normalized spacial score (nSPS) is 14.0. The Morgan fingerprint density at radius 3 is 2.79 bits per heavy atom. The van der Waals surface area contributed by atoms with Crippen LogP contribution in [0.4, 0.5) is 0 Å². The monoisotopic (exact) mass is 343 g/mol. The number of halogens is 1. The molecule has 1 N–H and O–H groups in total. The summed E-state index contributed by atoms with van der Waals surface area (Å²) < 4.78 is 10.6. The number of fused-ring (bicyclic) bond motifs is 1. The fraction of sp³-hybridized carbons (Fsp3) is 0.211. The summed E-state index contributed by atoms with van der Waals surface area (Å²) in [6.07, 6.45) is 3.25. The van der Waals surface area contributed by atoms with Crippen LogP contribution in [0.3, 0.4) is 0 Å². The number of ether oxygens (including phenoxy) is 2. The number of carbonyl (C=O) groups excluding carboxylic acids is 1. The average Bonchev–Trinajstić information content (AvgIpc) is 3.03. The van der Waals surface area contributed by atoms with Gasteiger partial charge in [0.15, 0.2) is 11.5 Å². The first-order valence-electron chi connectivity index (χ1n) is 7.67. The molecule has 1 atom stereocenters. The van der Waals surface area contributed by atoms with E-state index in [1.54, 1.807) is 6.08 Å². The maximum absolute atomic E-state index is 12.1. The molecular formula is C19H18ClNO3. The topological polar surface area (TPSA) is 47.6 Å².